The number of hydrogen-bond donors (Lipinski definition) is 1. The van der Waals surface area contributed by atoms with Crippen LogP contribution in [0.15, 0.2) is 66.7 Å². The molecule has 1 heterocycles. The largest absolute Gasteiger partial charge is 0.465 e. The number of nitrogens with one attached hydrogen (secondary N) is 1. The van der Waals surface area contributed by atoms with Gasteiger partial charge >= 0.3 is 24.1 Å². The zero-order chi connectivity index (χ0) is 39.8. The topological polar surface area (TPSA) is 175 Å². The fourth-order valence-corrected chi connectivity index (χ4v) is 6.02. The van der Waals surface area contributed by atoms with Crippen LogP contribution in [0.5, 0.6) is 0 Å². The summed E-state index contributed by atoms with van der Waals surface area (Å²) in [4.78, 5) is 80.1. The van der Waals surface area contributed by atoms with Gasteiger partial charge in [-0.1, -0.05) is 36.4 Å². The SMILES string of the molecule is CCOC(=O)C(COC(=O)Cc1ccc(NC(=O)C2CCCN2c2ccc(C(F)(F)F)cc2[N+](=O)[O-])c(C(=O)N(C)C)c1)(C(=O)OCC)c1ccccc1. The molecule has 1 unspecified atom stereocenters. The summed E-state index contributed by atoms with van der Waals surface area (Å²) >= 11 is 0. The molecule has 54 heavy (non-hydrogen) atoms. The van der Waals surface area contributed by atoms with E-state index in [2.05, 4.69) is 5.32 Å². The number of esters is 3. The van der Waals surface area contributed by atoms with E-state index in [-0.39, 0.29) is 54.2 Å². The van der Waals surface area contributed by atoms with Crippen molar-refractivity contribution < 1.29 is 56.3 Å². The highest BCUT2D eigenvalue weighted by atomic mass is 19.4. The molecule has 17 heteroatoms. The Bertz CT molecular complexity index is 1880. The Morgan fingerprint density at radius 2 is 1.56 bits per heavy atom. The van der Waals surface area contributed by atoms with Crippen LogP contribution in [0.1, 0.15) is 53.7 Å². The number of carbonyl (C=O) groups excluding carboxylic acids is 5. The number of nitrogens with zero attached hydrogens (tertiary/aromatic N) is 3. The van der Waals surface area contributed by atoms with Gasteiger partial charge in [0.1, 0.15) is 18.3 Å². The Balaban J connectivity index is 1.58. The van der Waals surface area contributed by atoms with Crippen molar-refractivity contribution in [3.8, 4) is 0 Å². The maximum atomic E-state index is 13.6. The number of benzene rings is 3. The predicted octanol–water partition coefficient (Wildman–Crippen LogP) is 5.07. The van der Waals surface area contributed by atoms with E-state index in [1.165, 1.54) is 54.2 Å². The first-order chi connectivity index (χ1) is 25.5. The minimum atomic E-state index is -4.82. The summed E-state index contributed by atoms with van der Waals surface area (Å²) < 4.78 is 55.9. The van der Waals surface area contributed by atoms with Crippen LogP contribution >= 0.6 is 0 Å². The van der Waals surface area contributed by atoms with E-state index < -0.39 is 76.6 Å². The van der Waals surface area contributed by atoms with Crippen LogP contribution in [0.25, 0.3) is 0 Å². The van der Waals surface area contributed by atoms with E-state index in [1.807, 2.05) is 0 Å². The number of hydrogen-bond acceptors (Lipinski definition) is 11. The number of rotatable bonds is 14. The van der Waals surface area contributed by atoms with Crippen LogP contribution in [-0.4, -0.2) is 86.0 Å². The molecule has 0 saturated carbocycles. The maximum Gasteiger partial charge on any atom is 0.416 e. The lowest BCUT2D eigenvalue weighted by Gasteiger charge is -2.29. The van der Waals surface area contributed by atoms with Gasteiger partial charge in [-0.25, -0.2) is 0 Å². The zero-order valence-corrected chi connectivity index (χ0v) is 29.9. The third kappa shape index (κ3) is 8.95. The van der Waals surface area contributed by atoms with E-state index >= 15 is 0 Å². The molecular formula is C37H39F3N4O10. The molecule has 0 aliphatic carbocycles. The lowest BCUT2D eigenvalue weighted by atomic mass is 9.81. The molecule has 0 aromatic heterocycles. The summed E-state index contributed by atoms with van der Waals surface area (Å²) in [5, 5.41) is 14.4. The average molecular weight is 757 g/mol. The summed E-state index contributed by atoms with van der Waals surface area (Å²) in [7, 11) is 2.93. The van der Waals surface area contributed by atoms with Gasteiger partial charge in [-0.2, -0.15) is 13.2 Å². The number of carbonyl (C=O) groups is 5. The van der Waals surface area contributed by atoms with Gasteiger partial charge in [0.2, 0.25) is 11.3 Å². The molecule has 1 fully saturated rings. The van der Waals surface area contributed by atoms with Crippen LogP contribution < -0.4 is 10.2 Å². The molecule has 288 valence electrons. The Hall–Kier alpha value is -6.00. The molecule has 14 nitrogen and oxygen atoms in total. The smallest absolute Gasteiger partial charge is 0.416 e. The second-order valence-corrected chi connectivity index (χ2v) is 12.4. The van der Waals surface area contributed by atoms with Crippen molar-refractivity contribution in [3.05, 3.63) is 99.1 Å². The van der Waals surface area contributed by atoms with E-state index in [0.717, 1.165) is 6.07 Å². The Kier molecular flexibility index (Phi) is 13.0. The molecule has 1 saturated heterocycles. The first kappa shape index (κ1) is 40.8. The first-order valence-corrected chi connectivity index (χ1v) is 16.9. The summed E-state index contributed by atoms with van der Waals surface area (Å²) in [6, 6.07) is 13.1. The molecule has 1 aliphatic rings. The van der Waals surface area contributed by atoms with Crippen molar-refractivity contribution in [2.24, 2.45) is 0 Å². The van der Waals surface area contributed by atoms with Crippen molar-refractivity contribution in [2.75, 3.05) is 50.7 Å². The van der Waals surface area contributed by atoms with Gasteiger partial charge in [-0.15, -0.1) is 0 Å². The van der Waals surface area contributed by atoms with E-state index in [1.54, 1.807) is 32.0 Å². The van der Waals surface area contributed by atoms with Gasteiger partial charge in [0.05, 0.1) is 41.4 Å². The second kappa shape index (κ2) is 17.2. The monoisotopic (exact) mass is 756 g/mol. The van der Waals surface area contributed by atoms with Crippen molar-refractivity contribution in [1.82, 2.24) is 4.90 Å². The number of amides is 2. The van der Waals surface area contributed by atoms with Gasteiger partial charge in [0.15, 0.2) is 0 Å². The van der Waals surface area contributed by atoms with E-state index in [0.29, 0.717) is 18.6 Å². The number of ether oxygens (including phenoxy) is 3. The Morgan fingerprint density at radius 1 is 0.907 bits per heavy atom. The molecule has 1 N–H and O–H groups in total. The predicted molar refractivity (Wildman–Crippen MR) is 188 cm³/mol. The number of anilines is 2. The van der Waals surface area contributed by atoms with Crippen LogP contribution in [0.4, 0.5) is 30.2 Å². The molecule has 0 bridgehead atoms. The highest BCUT2D eigenvalue weighted by Crippen LogP contribution is 2.39. The summed E-state index contributed by atoms with van der Waals surface area (Å²) in [6.07, 6.45) is -4.63. The first-order valence-electron chi connectivity index (χ1n) is 16.9. The van der Waals surface area contributed by atoms with Crippen LogP contribution in [0.3, 0.4) is 0 Å². The molecule has 1 atom stereocenters. The highest BCUT2D eigenvalue weighted by Gasteiger charge is 2.52. The van der Waals surface area contributed by atoms with Crippen LogP contribution in [0.2, 0.25) is 0 Å². The summed E-state index contributed by atoms with van der Waals surface area (Å²) in [5.41, 5.74) is -3.84. The van der Waals surface area contributed by atoms with Crippen LogP contribution in [-0.2, 0) is 51.4 Å². The quantitative estimate of drug-likeness (QED) is 0.0765. The average Bonchev–Trinajstić information content (AvgIpc) is 3.62. The fourth-order valence-electron chi connectivity index (χ4n) is 6.02. The molecule has 1 aliphatic heterocycles. The van der Waals surface area contributed by atoms with Crippen molar-refractivity contribution in [2.45, 2.75) is 50.7 Å². The molecule has 0 spiro atoms. The minimum absolute atomic E-state index is 0.0274. The molecular weight excluding hydrogens is 717 g/mol. The van der Waals surface area contributed by atoms with Crippen molar-refractivity contribution >= 4 is 46.8 Å². The van der Waals surface area contributed by atoms with Crippen LogP contribution in [0, 0.1) is 10.1 Å². The minimum Gasteiger partial charge on any atom is -0.465 e. The molecule has 3 aromatic carbocycles. The molecule has 3 aromatic rings. The Morgan fingerprint density at radius 3 is 2.13 bits per heavy atom. The van der Waals surface area contributed by atoms with Gasteiger partial charge in [0.25, 0.3) is 11.6 Å². The standard InChI is InChI=1S/C37H39F3N4O10/c1-5-52-34(48)36(35(49)53-6-2,24-11-8-7-9-12-24)22-54-31(45)20-23-14-16-27(26(19-23)33(47)42(3)4)41-32(46)29-13-10-18-43(29)28-17-15-25(37(38,39)40)21-30(28)44(50)51/h7-9,11-12,14-17,19,21,29H,5-6,10,13,18,20,22H2,1-4H3,(H,41,46). The van der Waals surface area contributed by atoms with Gasteiger partial charge in [0, 0.05) is 26.7 Å². The Labute approximate surface area is 308 Å². The third-order valence-corrected chi connectivity index (χ3v) is 8.66. The lowest BCUT2D eigenvalue weighted by molar-refractivity contribution is -0.384. The molecule has 4 rings (SSSR count). The van der Waals surface area contributed by atoms with E-state index in [9.17, 15) is 47.3 Å². The normalized spacial score (nSPS) is 14.2. The van der Waals surface area contributed by atoms with Gasteiger partial charge in [-0.05, 0) is 62.1 Å². The number of halogens is 3. The molecule has 2 amide bonds. The van der Waals surface area contributed by atoms with Gasteiger partial charge < -0.3 is 29.3 Å². The van der Waals surface area contributed by atoms with Crippen molar-refractivity contribution in [3.63, 3.8) is 0 Å². The highest BCUT2D eigenvalue weighted by molar-refractivity contribution is 6.07. The summed E-state index contributed by atoms with van der Waals surface area (Å²) in [6.45, 7) is 2.37. The number of alkyl halides is 3. The van der Waals surface area contributed by atoms with Crippen molar-refractivity contribution in [1.29, 1.82) is 0 Å². The lowest BCUT2D eigenvalue weighted by Crippen LogP contribution is -2.50. The third-order valence-electron chi connectivity index (χ3n) is 8.66. The second-order valence-electron chi connectivity index (χ2n) is 12.4. The van der Waals surface area contributed by atoms with E-state index in [4.69, 9.17) is 14.2 Å². The zero-order valence-electron chi connectivity index (χ0n) is 29.9. The molecule has 0 radical (unpaired) electrons. The summed E-state index contributed by atoms with van der Waals surface area (Å²) in [5.74, 6) is -4.05. The number of nitro benzene ring substituents is 1. The number of nitro groups is 1. The van der Waals surface area contributed by atoms with Gasteiger partial charge in [-0.3, -0.25) is 34.1 Å². The fraction of sp³-hybridized carbons (Fsp3) is 0.378. The maximum absolute atomic E-state index is 13.6.